The maximum absolute atomic E-state index is 11.8. The van der Waals surface area contributed by atoms with E-state index in [0.717, 1.165) is 27.4 Å². The molecule has 1 aromatic heterocycles. The summed E-state index contributed by atoms with van der Waals surface area (Å²) < 4.78 is 2.80. The highest BCUT2D eigenvalue weighted by molar-refractivity contribution is 9.10. The van der Waals surface area contributed by atoms with Gasteiger partial charge in [0.05, 0.1) is 6.04 Å². The van der Waals surface area contributed by atoms with Crippen LogP contribution in [-0.4, -0.2) is 26.0 Å². The molecule has 0 bridgehead atoms. The fourth-order valence-corrected chi connectivity index (χ4v) is 3.96. The molecule has 1 aromatic carbocycles. The largest absolute Gasteiger partial charge is 0.294 e. The van der Waals surface area contributed by atoms with Crippen LogP contribution in [0, 0.1) is 0 Å². The molecular weight excluding hydrogens is 352 g/mol. The van der Waals surface area contributed by atoms with Crippen molar-refractivity contribution in [2.24, 2.45) is 0 Å². The topological polar surface area (TPSA) is 60.7 Å². The minimum absolute atomic E-state index is 0.0405. The first-order valence-corrected chi connectivity index (χ1v) is 8.52. The summed E-state index contributed by atoms with van der Waals surface area (Å²) in [6, 6.07) is 6.09. The van der Waals surface area contributed by atoms with E-state index in [1.54, 1.807) is 6.92 Å². The van der Waals surface area contributed by atoms with Crippen LogP contribution in [0.1, 0.15) is 49.0 Å². The Bertz CT molecular complexity index is 667. The van der Waals surface area contributed by atoms with Crippen LogP contribution in [0.3, 0.4) is 0 Å². The number of aromatic nitrogens is 4. The smallest absolute Gasteiger partial charge is 0.214 e. The SMILES string of the molecule is CC(=O)c1cc(Br)ccc1Sc1nnnn1C1CCCC1. The fraction of sp³-hybridized carbons (Fsp3) is 0.429. The highest BCUT2D eigenvalue weighted by atomic mass is 79.9. The predicted octanol–water partition coefficient (Wildman–Crippen LogP) is 3.90. The van der Waals surface area contributed by atoms with Crippen molar-refractivity contribution >= 4 is 33.5 Å². The van der Waals surface area contributed by atoms with Gasteiger partial charge in [-0.2, -0.15) is 0 Å². The third-order valence-corrected chi connectivity index (χ3v) is 5.18. The Labute approximate surface area is 135 Å². The van der Waals surface area contributed by atoms with Gasteiger partial charge in [-0.3, -0.25) is 4.79 Å². The van der Waals surface area contributed by atoms with E-state index in [9.17, 15) is 4.79 Å². The first-order valence-electron chi connectivity index (χ1n) is 6.91. The van der Waals surface area contributed by atoms with Crippen LogP contribution < -0.4 is 0 Å². The number of ketones is 1. The van der Waals surface area contributed by atoms with E-state index in [2.05, 4.69) is 31.5 Å². The average molecular weight is 367 g/mol. The van der Waals surface area contributed by atoms with Crippen molar-refractivity contribution in [2.45, 2.75) is 48.7 Å². The zero-order valence-corrected chi connectivity index (χ0v) is 14.0. The van der Waals surface area contributed by atoms with E-state index in [1.807, 2.05) is 22.9 Å². The lowest BCUT2D eigenvalue weighted by Crippen LogP contribution is -2.08. The summed E-state index contributed by atoms with van der Waals surface area (Å²) in [7, 11) is 0. The van der Waals surface area contributed by atoms with Crippen molar-refractivity contribution in [3.63, 3.8) is 0 Å². The van der Waals surface area contributed by atoms with Gasteiger partial charge in [-0.25, -0.2) is 4.68 Å². The van der Waals surface area contributed by atoms with Gasteiger partial charge in [-0.1, -0.05) is 28.8 Å². The molecule has 2 aromatic rings. The molecule has 0 radical (unpaired) electrons. The first-order chi connectivity index (χ1) is 10.1. The molecule has 1 aliphatic rings. The molecule has 0 N–H and O–H groups in total. The normalized spacial score (nSPS) is 15.5. The van der Waals surface area contributed by atoms with E-state index in [4.69, 9.17) is 0 Å². The lowest BCUT2D eigenvalue weighted by molar-refractivity contribution is 0.101. The lowest BCUT2D eigenvalue weighted by atomic mass is 10.1. The summed E-state index contributed by atoms with van der Waals surface area (Å²) in [4.78, 5) is 12.7. The van der Waals surface area contributed by atoms with Gasteiger partial charge in [-0.15, -0.1) is 5.10 Å². The Morgan fingerprint density at radius 2 is 2.14 bits per heavy atom. The monoisotopic (exact) mass is 366 g/mol. The van der Waals surface area contributed by atoms with Gasteiger partial charge in [0, 0.05) is 14.9 Å². The number of Topliss-reactive ketones (excluding diaryl/α,β-unsaturated/α-hetero) is 1. The zero-order valence-electron chi connectivity index (χ0n) is 11.6. The Hall–Kier alpha value is -1.21. The highest BCUT2D eigenvalue weighted by Crippen LogP contribution is 2.35. The van der Waals surface area contributed by atoms with Crippen LogP contribution in [0.25, 0.3) is 0 Å². The molecule has 1 heterocycles. The number of carbonyl (C=O) groups is 1. The van der Waals surface area contributed by atoms with Crippen molar-refractivity contribution in [3.8, 4) is 0 Å². The molecule has 0 unspecified atom stereocenters. The second-order valence-corrected chi connectivity index (χ2v) is 7.07. The summed E-state index contributed by atoms with van der Waals surface area (Å²) in [5, 5.41) is 12.8. The van der Waals surface area contributed by atoms with Gasteiger partial charge in [0.2, 0.25) is 5.16 Å². The molecule has 1 saturated carbocycles. The van der Waals surface area contributed by atoms with Crippen LogP contribution in [0.5, 0.6) is 0 Å². The van der Waals surface area contributed by atoms with Gasteiger partial charge < -0.3 is 0 Å². The molecule has 0 amide bonds. The van der Waals surface area contributed by atoms with E-state index < -0.39 is 0 Å². The van der Waals surface area contributed by atoms with Crippen LogP contribution >= 0.6 is 27.7 Å². The number of nitrogens with zero attached hydrogens (tertiary/aromatic N) is 4. The van der Waals surface area contributed by atoms with E-state index in [0.29, 0.717) is 11.6 Å². The first kappa shape index (κ1) is 14.7. The highest BCUT2D eigenvalue weighted by Gasteiger charge is 2.22. The number of tetrazole rings is 1. The Morgan fingerprint density at radius 1 is 1.38 bits per heavy atom. The minimum atomic E-state index is 0.0405. The third kappa shape index (κ3) is 3.18. The molecule has 3 rings (SSSR count). The predicted molar refractivity (Wildman–Crippen MR) is 83.6 cm³/mol. The quantitative estimate of drug-likeness (QED) is 0.767. The Balaban J connectivity index is 1.91. The molecule has 0 saturated heterocycles. The molecule has 1 fully saturated rings. The van der Waals surface area contributed by atoms with Gasteiger partial charge in [0.1, 0.15) is 0 Å². The Kier molecular flexibility index (Phi) is 4.40. The molecule has 1 aliphatic carbocycles. The standard InChI is InChI=1S/C14H15BrN4OS/c1-9(20)12-8-10(15)6-7-13(12)21-14-16-17-18-19(14)11-4-2-3-5-11/h6-8,11H,2-5H2,1H3. The maximum Gasteiger partial charge on any atom is 0.214 e. The number of hydrogen-bond acceptors (Lipinski definition) is 5. The molecule has 7 heteroatoms. The maximum atomic E-state index is 11.8. The summed E-state index contributed by atoms with van der Waals surface area (Å²) in [5.74, 6) is 0.0405. The van der Waals surface area contributed by atoms with Crippen LogP contribution in [0.2, 0.25) is 0 Å². The van der Waals surface area contributed by atoms with Crippen LogP contribution in [-0.2, 0) is 0 Å². The number of carbonyl (C=O) groups excluding carboxylic acids is 1. The Morgan fingerprint density at radius 3 is 2.86 bits per heavy atom. The average Bonchev–Trinajstić information content (AvgIpc) is 3.11. The van der Waals surface area contributed by atoms with Crippen molar-refractivity contribution in [1.82, 2.24) is 20.2 Å². The van der Waals surface area contributed by atoms with Gasteiger partial charge in [0.15, 0.2) is 5.78 Å². The van der Waals surface area contributed by atoms with Crippen molar-refractivity contribution < 1.29 is 4.79 Å². The molecule has 110 valence electrons. The molecular formula is C14H15BrN4OS. The number of halogens is 1. The van der Waals surface area contributed by atoms with E-state index in [-0.39, 0.29) is 5.78 Å². The van der Waals surface area contributed by atoms with Crippen molar-refractivity contribution in [2.75, 3.05) is 0 Å². The summed E-state index contributed by atoms with van der Waals surface area (Å²) >= 11 is 4.86. The molecule has 0 spiro atoms. The van der Waals surface area contributed by atoms with Gasteiger partial charge >= 0.3 is 0 Å². The summed E-state index contributed by atoms with van der Waals surface area (Å²) in [6.07, 6.45) is 4.70. The van der Waals surface area contributed by atoms with E-state index in [1.165, 1.54) is 24.6 Å². The number of benzene rings is 1. The van der Waals surface area contributed by atoms with Crippen molar-refractivity contribution in [1.29, 1.82) is 0 Å². The summed E-state index contributed by atoms with van der Waals surface area (Å²) in [6.45, 7) is 1.58. The van der Waals surface area contributed by atoms with Crippen molar-refractivity contribution in [3.05, 3.63) is 28.2 Å². The van der Waals surface area contributed by atoms with Crippen LogP contribution in [0.4, 0.5) is 0 Å². The number of hydrogen-bond donors (Lipinski definition) is 0. The zero-order chi connectivity index (χ0) is 14.8. The van der Waals surface area contributed by atoms with E-state index >= 15 is 0 Å². The lowest BCUT2D eigenvalue weighted by Gasteiger charge is -2.12. The molecule has 0 aliphatic heterocycles. The fourth-order valence-electron chi connectivity index (χ4n) is 2.60. The second kappa shape index (κ2) is 6.27. The molecule has 21 heavy (non-hydrogen) atoms. The molecule has 5 nitrogen and oxygen atoms in total. The summed E-state index contributed by atoms with van der Waals surface area (Å²) in [5.41, 5.74) is 0.690. The molecule has 0 atom stereocenters. The van der Waals surface area contributed by atoms with Gasteiger partial charge in [0.25, 0.3) is 0 Å². The number of rotatable bonds is 4. The minimum Gasteiger partial charge on any atom is -0.294 e. The second-order valence-electron chi connectivity index (χ2n) is 5.14. The van der Waals surface area contributed by atoms with Crippen LogP contribution in [0.15, 0.2) is 32.7 Å². The third-order valence-electron chi connectivity index (χ3n) is 3.66. The van der Waals surface area contributed by atoms with Gasteiger partial charge in [-0.05, 0) is 60.2 Å².